The van der Waals surface area contributed by atoms with Crippen molar-refractivity contribution in [2.24, 2.45) is 0 Å². The van der Waals surface area contributed by atoms with Crippen LogP contribution in [0.3, 0.4) is 0 Å². The van der Waals surface area contributed by atoms with E-state index in [2.05, 4.69) is 25.7 Å². The highest BCUT2D eigenvalue weighted by Crippen LogP contribution is 2.34. The second-order valence-corrected chi connectivity index (χ2v) is 11.7. The van der Waals surface area contributed by atoms with Crippen molar-refractivity contribution >= 4 is 38.2 Å². The Morgan fingerprint density at radius 3 is 2.38 bits per heavy atom. The third-order valence-corrected chi connectivity index (χ3v) is 9.20. The number of nitrogens with one attached hydrogen (secondary N) is 2. The van der Waals surface area contributed by atoms with E-state index in [4.69, 9.17) is 4.74 Å². The first-order chi connectivity index (χ1) is 19.2. The van der Waals surface area contributed by atoms with E-state index in [0.717, 1.165) is 10.8 Å². The topological polar surface area (TPSA) is 117 Å². The van der Waals surface area contributed by atoms with Crippen molar-refractivity contribution in [3.63, 3.8) is 0 Å². The smallest absolute Gasteiger partial charge is 0.254 e. The van der Waals surface area contributed by atoms with E-state index >= 15 is 0 Å². The van der Waals surface area contributed by atoms with Crippen LogP contribution in [0.15, 0.2) is 65.6 Å². The van der Waals surface area contributed by atoms with Crippen LogP contribution in [0, 0.1) is 6.92 Å². The predicted octanol–water partition coefficient (Wildman–Crippen LogP) is 3.65. The lowest BCUT2D eigenvalue weighted by Crippen LogP contribution is -2.47. The Hall–Kier alpha value is -4.06. The van der Waals surface area contributed by atoms with Crippen molar-refractivity contribution in [3.8, 4) is 17.0 Å². The third kappa shape index (κ3) is 5.23. The molecule has 40 heavy (non-hydrogen) atoms. The van der Waals surface area contributed by atoms with Crippen LogP contribution in [-0.2, 0) is 10.0 Å². The van der Waals surface area contributed by atoms with Gasteiger partial charge in [0.25, 0.3) is 5.91 Å². The lowest BCUT2D eigenvalue weighted by molar-refractivity contribution is 0.0960. The van der Waals surface area contributed by atoms with Crippen LogP contribution in [0.5, 0.6) is 5.75 Å². The number of rotatable bonds is 7. The van der Waals surface area contributed by atoms with Gasteiger partial charge in [-0.1, -0.05) is 36.4 Å². The number of ether oxygens (including phenoxy) is 1. The first-order valence-corrected chi connectivity index (χ1v) is 14.4. The van der Waals surface area contributed by atoms with Gasteiger partial charge >= 0.3 is 0 Å². The Morgan fingerprint density at radius 2 is 1.68 bits per heavy atom. The number of nitrogens with zero attached hydrogens (tertiary/aromatic N) is 4. The first-order valence-electron chi connectivity index (χ1n) is 12.9. The second kappa shape index (κ2) is 11.2. The quantitative estimate of drug-likeness (QED) is 0.352. The highest BCUT2D eigenvalue weighted by molar-refractivity contribution is 7.89. The number of aryl methyl sites for hydroxylation is 1. The summed E-state index contributed by atoms with van der Waals surface area (Å²) in [4.78, 5) is 14.8. The molecule has 1 aliphatic rings. The number of aromatic nitrogens is 2. The average Bonchev–Trinajstić information content (AvgIpc) is 2.97. The van der Waals surface area contributed by atoms with Gasteiger partial charge in [0, 0.05) is 55.2 Å². The minimum atomic E-state index is -3.66. The van der Waals surface area contributed by atoms with Crippen LogP contribution in [-0.4, -0.2) is 81.1 Å². The summed E-state index contributed by atoms with van der Waals surface area (Å²) in [5.74, 6) is 0.691. The second-order valence-electron chi connectivity index (χ2n) is 9.75. The average molecular weight is 561 g/mol. The SMILES string of the molecule is CNC(=O)c1cc(Nc2nnc(-c3ccc(C)c(S(=O)(=O)N4CCN(C)CC4)c3)c3ccccc23)ccc1OC. The molecule has 208 valence electrons. The number of sulfonamides is 1. The number of fused-ring (bicyclic) bond motifs is 1. The number of hydrogen-bond donors (Lipinski definition) is 2. The van der Waals surface area contributed by atoms with Gasteiger partial charge in [-0.05, 0) is 43.8 Å². The van der Waals surface area contributed by atoms with Crippen LogP contribution >= 0.6 is 0 Å². The van der Waals surface area contributed by atoms with Crippen LogP contribution < -0.4 is 15.4 Å². The van der Waals surface area contributed by atoms with Gasteiger partial charge in [0.15, 0.2) is 5.82 Å². The summed E-state index contributed by atoms with van der Waals surface area (Å²) in [6.45, 7) is 4.12. The zero-order valence-electron chi connectivity index (χ0n) is 22.9. The van der Waals surface area contributed by atoms with Crippen LogP contribution in [0.1, 0.15) is 15.9 Å². The van der Waals surface area contributed by atoms with Crippen LogP contribution in [0.25, 0.3) is 22.0 Å². The standard InChI is InChI=1S/C29H32N6O4S/c1-19-9-10-20(17-26(19)40(37,38)35-15-13-34(3)14-16-35)27-22-7-5-6-8-23(22)28(33-32-27)31-21-11-12-25(39-4)24(18-21)29(36)30-2/h5-12,17-18H,13-16H2,1-4H3,(H,30,36)(H,31,33). The Labute approximate surface area is 234 Å². The molecule has 2 heterocycles. The molecule has 1 fully saturated rings. The van der Waals surface area contributed by atoms with E-state index in [-0.39, 0.29) is 10.8 Å². The van der Waals surface area contributed by atoms with Crippen molar-refractivity contribution in [3.05, 3.63) is 71.8 Å². The van der Waals surface area contributed by atoms with E-state index < -0.39 is 10.0 Å². The zero-order chi connectivity index (χ0) is 28.4. The number of anilines is 2. The molecule has 1 saturated heterocycles. The van der Waals surface area contributed by atoms with Crippen molar-refractivity contribution in [1.82, 2.24) is 24.7 Å². The Bertz CT molecular complexity index is 1680. The molecule has 0 spiro atoms. The summed E-state index contributed by atoms with van der Waals surface area (Å²) in [5, 5.41) is 16.5. The lowest BCUT2D eigenvalue weighted by atomic mass is 10.0. The fourth-order valence-corrected chi connectivity index (χ4v) is 6.51. The van der Waals surface area contributed by atoms with Crippen molar-refractivity contribution in [2.75, 3.05) is 52.7 Å². The number of benzene rings is 3. The summed E-state index contributed by atoms with van der Waals surface area (Å²) in [5.41, 5.74) is 2.96. The maximum absolute atomic E-state index is 13.6. The Kier molecular flexibility index (Phi) is 7.70. The summed E-state index contributed by atoms with van der Waals surface area (Å²) in [6, 6.07) is 18.3. The van der Waals surface area contributed by atoms with Gasteiger partial charge in [-0.3, -0.25) is 4.79 Å². The predicted molar refractivity (Wildman–Crippen MR) is 156 cm³/mol. The molecule has 10 nitrogen and oxygen atoms in total. The first kappa shape index (κ1) is 27.5. The number of carbonyl (C=O) groups excluding carboxylic acids is 1. The summed E-state index contributed by atoms with van der Waals surface area (Å²) in [7, 11) is 1.40. The number of likely N-dealkylation sites (N-methyl/N-ethyl adjacent to an activating group) is 1. The van der Waals surface area contributed by atoms with Gasteiger partial charge in [0.2, 0.25) is 10.0 Å². The summed E-state index contributed by atoms with van der Waals surface area (Å²) < 4.78 is 34.1. The molecule has 1 aliphatic heterocycles. The van der Waals surface area contributed by atoms with Gasteiger partial charge < -0.3 is 20.3 Å². The number of methoxy groups -OCH3 is 1. The normalized spacial score (nSPS) is 14.7. The zero-order valence-corrected chi connectivity index (χ0v) is 23.7. The maximum Gasteiger partial charge on any atom is 0.254 e. The molecule has 1 amide bonds. The van der Waals surface area contributed by atoms with Crippen molar-refractivity contribution in [1.29, 1.82) is 0 Å². The largest absolute Gasteiger partial charge is 0.496 e. The van der Waals surface area contributed by atoms with E-state index in [9.17, 15) is 13.2 Å². The summed E-state index contributed by atoms with van der Waals surface area (Å²) >= 11 is 0. The lowest BCUT2D eigenvalue weighted by Gasteiger charge is -2.32. The monoisotopic (exact) mass is 560 g/mol. The molecule has 0 unspecified atom stereocenters. The van der Waals surface area contributed by atoms with E-state index in [1.54, 1.807) is 35.6 Å². The molecule has 11 heteroatoms. The van der Waals surface area contributed by atoms with E-state index in [0.29, 0.717) is 65.8 Å². The minimum absolute atomic E-state index is 0.270. The van der Waals surface area contributed by atoms with Gasteiger partial charge in [0.05, 0.1) is 17.6 Å². The molecule has 4 aromatic rings. The highest BCUT2D eigenvalue weighted by Gasteiger charge is 2.29. The molecule has 0 radical (unpaired) electrons. The van der Waals surface area contributed by atoms with Crippen molar-refractivity contribution in [2.45, 2.75) is 11.8 Å². The van der Waals surface area contributed by atoms with E-state index in [1.165, 1.54) is 7.11 Å². The van der Waals surface area contributed by atoms with Crippen molar-refractivity contribution < 1.29 is 17.9 Å². The molecular weight excluding hydrogens is 528 g/mol. The summed E-state index contributed by atoms with van der Waals surface area (Å²) in [6.07, 6.45) is 0. The van der Waals surface area contributed by atoms with Gasteiger partial charge in [-0.15, -0.1) is 10.2 Å². The number of hydrogen-bond acceptors (Lipinski definition) is 8. The maximum atomic E-state index is 13.6. The molecule has 0 atom stereocenters. The van der Waals surface area contributed by atoms with Crippen LogP contribution in [0.4, 0.5) is 11.5 Å². The fourth-order valence-electron chi connectivity index (χ4n) is 4.84. The highest BCUT2D eigenvalue weighted by atomic mass is 32.2. The number of amides is 1. The minimum Gasteiger partial charge on any atom is -0.496 e. The molecule has 1 aromatic heterocycles. The number of carbonyl (C=O) groups is 1. The fraction of sp³-hybridized carbons (Fsp3) is 0.276. The Balaban J connectivity index is 1.54. The van der Waals surface area contributed by atoms with Gasteiger partial charge in [-0.2, -0.15) is 4.31 Å². The van der Waals surface area contributed by atoms with Gasteiger partial charge in [-0.25, -0.2) is 8.42 Å². The molecule has 5 rings (SSSR count). The molecule has 0 bridgehead atoms. The molecular formula is C29H32N6O4S. The molecule has 3 aromatic carbocycles. The van der Waals surface area contributed by atoms with E-state index in [1.807, 2.05) is 50.4 Å². The molecule has 0 saturated carbocycles. The third-order valence-electron chi connectivity index (χ3n) is 7.16. The molecule has 2 N–H and O–H groups in total. The Morgan fingerprint density at radius 1 is 0.950 bits per heavy atom. The molecule has 0 aliphatic carbocycles. The number of piperazine rings is 1. The van der Waals surface area contributed by atoms with Gasteiger partial charge in [0.1, 0.15) is 11.4 Å². The van der Waals surface area contributed by atoms with Crippen LogP contribution in [0.2, 0.25) is 0 Å².